The van der Waals surface area contributed by atoms with E-state index in [9.17, 15) is 26.7 Å². The molecule has 0 bridgehead atoms. The average Bonchev–Trinajstić information content (AvgIpc) is 2.25. The molecule has 0 spiro atoms. The molecule has 18 heavy (non-hydrogen) atoms. The summed E-state index contributed by atoms with van der Waals surface area (Å²) in [5.74, 6) is -0.541. The largest absolute Gasteiger partial charge is 0.417 e. The number of benzene rings is 1. The fourth-order valence-electron chi connectivity index (χ4n) is 1.73. The Labute approximate surface area is 101 Å². The summed E-state index contributed by atoms with van der Waals surface area (Å²) in [6.07, 6.45) is -8.20. The van der Waals surface area contributed by atoms with Crippen molar-refractivity contribution in [2.45, 2.75) is 32.9 Å². The molecule has 1 nitrogen and oxygen atoms in total. The molecule has 0 heterocycles. The van der Waals surface area contributed by atoms with E-state index in [0.717, 1.165) is 13.0 Å². The molecule has 0 radical (unpaired) electrons. The molecule has 0 unspecified atom stereocenters. The van der Waals surface area contributed by atoms with Gasteiger partial charge in [-0.3, -0.25) is 4.79 Å². The van der Waals surface area contributed by atoms with Crippen LogP contribution in [0.4, 0.5) is 22.0 Å². The lowest BCUT2D eigenvalue weighted by Crippen LogP contribution is -2.14. The van der Waals surface area contributed by atoms with Crippen LogP contribution in [-0.2, 0) is 12.6 Å². The summed E-state index contributed by atoms with van der Waals surface area (Å²) in [5, 5.41) is 0. The van der Waals surface area contributed by atoms with E-state index in [1.54, 1.807) is 0 Å². The topological polar surface area (TPSA) is 17.1 Å². The molecule has 0 saturated carbocycles. The zero-order chi connectivity index (χ0) is 14.1. The van der Waals surface area contributed by atoms with Gasteiger partial charge in [-0.15, -0.1) is 0 Å². The van der Waals surface area contributed by atoms with Crippen LogP contribution >= 0.6 is 0 Å². The summed E-state index contributed by atoms with van der Waals surface area (Å²) in [6, 6.07) is 1.64. The normalized spacial score (nSPS) is 12.0. The zero-order valence-corrected chi connectivity index (χ0v) is 9.74. The van der Waals surface area contributed by atoms with Crippen molar-refractivity contribution in [1.82, 2.24) is 0 Å². The number of hydrogen-bond donors (Lipinski definition) is 0. The van der Waals surface area contributed by atoms with Crippen molar-refractivity contribution in [3.8, 4) is 0 Å². The van der Waals surface area contributed by atoms with Gasteiger partial charge in [0.1, 0.15) is 0 Å². The molecule has 0 fully saturated rings. The van der Waals surface area contributed by atoms with Gasteiger partial charge in [0.15, 0.2) is 5.78 Å². The maximum atomic E-state index is 12.8. The van der Waals surface area contributed by atoms with Crippen molar-refractivity contribution in [1.29, 1.82) is 0 Å². The molecule has 6 heteroatoms. The van der Waals surface area contributed by atoms with Crippen LogP contribution in [0.2, 0.25) is 0 Å². The molecule has 0 saturated heterocycles. The van der Waals surface area contributed by atoms with Gasteiger partial charge in [0.2, 0.25) is 0 Å². The van der Waals surface area contributed by atoms with E-state index < -0.39 is 29.5 Å². The smallest absolute Gasteiger partial charge is 0.295 e. The SMILES string of the molecule is CCc1cc(C(C)=O)cc(C(F)F)c1C(F)(F)F. The predicted octanol–water partition coefficient (Wildman–Crippen LogP) is 4.41. The highest BCUT2D eigenvalue weighted by Gasteiger charge is 2.38. The second-order valence-electron chi connectivity index (χ2n) is 3.81. The third-order valence-corrected chi connectivity index (χ3v) is 2.56. The Morgan fingerprint density at radius 1 is 1.28 bits per heavy atom. The number of halogens is 5. The van der Waals surface area contributed by atoms with Gasteiger partial charge in [-0.1, -0.05) is 6.92 Å². The number of aryl methyl sites for hydroxylation is 1. The Bertz CT molecular complexity index is 462. The minimum absolute atomic E-state index is 0.0737. The van der Waals surface area contributed by atoms with Gasteiger partial charge >= 0.3 is 6.18 Å². The van der Waals surface area contributed by atoms with Crippen LogP contribution in [0.15, 0.2) is 12.1 Å². The molecular formula is C12H11F5O. The Kier molecular flexibility index (Phi) is 4.09. The fraction of sp³-hybridized carbons (Fsp3) is 0.417. The van der Waals surface area contributed by atoms with E-state index in [4.69, 9.17) is 0 Å². The first-order chi connectivity index (χ1) is 8.18. The van der Waals surface area contributed by atoms with Crippen molar-refractivity contribution in [3.05, 3.63) is 34.4 Å². The number of rotatable bonds is 3. The monoisotopic (exact) mass is 266 g/mol. The van der Waals surface area contributed by atoms with Gasteiger partial charge in [-0.25, -0.2) is 8.78 Å². The molecule has 0 N–H and O–H groups in total. The number of ketones is 1. The lowest BCUT2D eigenvalue weighted by atomic mass is 9.94. The van der Waals surface area contributed by atoms with Crippen LogP contribution in [0.3, 0.4) is 0 Å². The quantitative estimate of drug-likeness (QED) is 0.585. The molecule has 0 aromatic heterocycles. The third-order valence-electron chi connectivity index (χ3n) is 2.56. The summed E-state index contributed by atoms with van der Waals surface area (Å²) in [6.45, 7) is 2.54. The number of carbonyl (C=O) groups excluding carboxylic acids is 1. The maximum Gasteiger partial charge on any atom is 0.417 e. The number of hydrogen-bond acceptors (Lipinski definition) is 1. The maximum absolute atomic E-state index is 12.8. The summed E-state index contributed by atoms with van der Waals surface area (Å²) in [7, 11) is 0. The van der Waals surface area contributed by atoms with Gasteiger partial charge in [-0.05, 0) is 31.0 Å². The van der Waals surface area contributed by atoms with Crippen LogP contribution in [0.5, 0.6) is 0 Å². The van der Waals surface area contributed by atoms with Crippen molar-refractivity contribution < 1.29 is 26.7 Å². The van der Waals surface area contributed by atoms with Gasteiger partial charge < -0.3 is 0 Å². The van der Waals surface area contributed by atoms with Crippen molar-refractivity contribution >= 4 is 5.78 Å². The molecule has 100 valence electrons. The molecular weight excluding hydrogens is 255 g/mol. The molecule has 1 aromatic carbocycles. The molecule has 1 rings (SSSR count). The summed E-state index contributed by atoms with van der Waals surface area (Å²) < 4.78 is 63.7. The molecule has 0 aliphatic rings. The van der Waals surface area contributed by atoms with Gasteiger partial charge in [-0.2, -0.15) is 13.2 Å². The first-order valence-corrected chi connectivity index (χ1v) is 5.21. The summed E-state index contributed by atoms with van der Waals surface area (Å²) in [5.41, 5.74) is -2.88. The highest BCUT2D eigenvalue weighted by Crippen LogP contribution is 2.39. The minimum atomic E-state index is -4.85. The first-order valence-electron chi connectivity index (χ1n) is 5.21. The van der Waals surface area contributed by atoms with Crippen LogP contribution in [0, 0.1) is 0 Å². The van der Waals surface area contributed by atoms with Crippen LogP contribution in [0.1, 0.15) is 47.3 Å². The van der Waals surface area contributed by atoms with E-state index in [2.05, 4.69) is 0 Å². The van der Waals surface area contributed by atoms with Crippen molar-refractivity contribution in [2.75, 3.05) is 0 Å². The first kappa shape index (κ1) is 14.6. The van der Waals surface area contributed by atoms with Crippen LogP contribution in [-0.4, -0.2) is 5.78 Å². The second kappa shape index (κ2) is 5.04. The van der Waals surface area contributed by atoms with Gasteiger partial charge in [0.05, 0.1) is 5.56 Å². The summed E-state index contributed by atoms with van der Waals surface area (Å²) in [4.78, 5) is 11.1. The molecule has 0 aliphatic heterocycles. The lowest BCUT2D eigenvalue weighted by molar-refractivity contribution is -0.140. The Balaban J connectivity index is 3.62. The molecule has 0 amide bonds. The molecule has 0 atom stereocenters. The highest BCUT2D eigenvalue weighted by atomic mass is 19.4. The van der Waals surface area contributed by atoms with Crippen LogP contribution < -0.4 is 0 Å². The van der Waals surface area contributed by atoms with Crippen LogP contribution in [0.25, 0.3) is 0 Å². The highest BCUT2D eigenvalue weighted by molar-refractivity contribution is 5.94. The zero-order valence-electron chi connectivity index (χ0n) is 9.74. The predicted molar refractivity (Wildman–Crippen MR) is 55.8 cm³/mol. The van der Waals surface area contributed by atoms with E-state index >= 15 is 0 Å². The molecule has 1 aromatic rings. The Morgan fingerprint density at radius 3 is 2.17 bits per heavy atom. The lowest BCUT2D eigenvalue weighted by Gasteiger charge is -2.17. The van der Waals surface area contributed by atoms with Crippen molar-refractivity contribution in [3.63, 3.8) is 0 Å². The van der Waals surface area contributed by atoms with E-state index in [1.807, 2.05) is 0 Å². The molecule has 0 aliphatic carbocycles. The van der Waals surface area contributed by atoms with Gasteiger partial charge in [0, 0.05) is 11.1 Å². The van der Waals surface area contributed by atoms with Crippen molar-refractivity contribution in [2.24, 2.45) is 0 Å². The third kappa shape index (κ3) is 2.86. The van der Waals surface area contributed by atoms with Gasteiger partial charge in [0.25, 0.3) is 6.43 Å². The Morgan fingerprint density at radius 2 is 1.83 bits per heavy atom. The standard InChI is InChI=1S/C12H11F5O/c1-3-7-4-8(6(2)18)5-9(11(13)14)10(7)12(15,16)17/h4-5,11H,3H2,1-2H3. The van der Waals surface area contributed by atoms with E-state index in [-0.39, 0.29) is 17.5 Å². The number of carbonyl (C=O) groups is 1. The van der Waals surface area contributed by atoms with E-state index in [0.29, 0.717) is 6.07 Å². The number of alkyl halides is 5. The Hall–Kier alpha value is -1.46. The number of Topliss-reactive ketones (excluding diaryl/α,β-unsaturated/α-hetero) is 1. The minimum Gasteiger partial charge on any atom is -0.295 e. The second-order valence-corrected chi connectivity index (χ2v) is 3.81. The average molecular weight is 266 g/mol. The summed E-state index contributed by atoms with van der Waals surface area (Å²) >= 11 is 0. The van der Waals surface area contributed by atoms with E-state index in [1.165, 1.54) is 6.92 Å². The fourth-order valence-corrected chi connectivity index (χ4v) is 1.73.